The fourth-order valence-electron chi connectivity index (χ4n) is 2.32. The SMILES string of the molecule is CC(C)(C)Nc1nc(Nc2cccc(C#N)c2)cc(C2CC2)n1. The molecule has 23 heavy (non-hydrogen) atoms. The molecule has 1 aliphatic carbocycles. The third kappa shape index (κ3) is 4.19. The van der Waals surface area contributed by atoms with Crippen LogP contribution in [0.15, 0.2) is 30.3 Å². The number of hydrogen-bond donors (Lipinski definition) is 2. The Bertz CT molecular complexity index is 751. The van der Waals surface area contributed by atoms with Crippen molar-refractivity contribution in [1.29, 1.82) is 5.26 Å². The molecular formula is C18H21N5. The second-order valence-corrected chi connectivity index (χ2v) is 6.97. The lowest BCUT2D eigenvalue weighted by Gasteiger charge is -2.21. The maximum atomic E-state index is 9.01. The predicted molar refractivity (Wildman–Crippen MR) is 91.8 cm³/mol. The maximum Gasteiger partial charge on any atom is 0.225 e. The zero-order chi connectivity index (χ0) is 16.4. The second-order valence-electron chi connectivity index (χ2n) is 6.97. The number of benzene rings is 1. The first kappa shape index (κ1) is 15.3. The van der Waals surface area contributed by atoms with E-state index in [1.54, 1.807) is 6.07 Å². The summed E-state index contributed by atoms with van der Waals surface area (Å²) in [6.07, 6.45) is 2.38. The molecule has 1 heterocycles. The van der Waals surface area contributed by atoms with Gasteiger partial charge in [0.05, 0.1) is 17.3 Å². The van der Waals surface area contributed by atoms with E-state index in [2.05, 4.69) is 47.4 Å². The first-order valence-electron chi connectivity index (χ1n) is 7.87. The van der Waals surface area contributed by atoms with Gasteiger partial charge in [-0.05, 0) is 51.8 Å². The number of aromatic nitrogens is 2. The Hall–Kier alpha value is -2.61. The highest BCUT2D eigenvalue weighted by molar-refractivity contribution is 5.60. The summed E-state index contributed by atoms with van der Waals surface area (Å²) in [5, 5.41) is 15.6. The fraction of sp³-hybridized carbons (Fsp3) is 0.389. The van der Waals surface area contributed by atoms with Gasteiger partial charge in [-0.2, -0.15) is 10.2 Å². The van der Waals surface area contributed by atoms with Crippen LogP contribution in [0.3, 0.4) is 0 Å². The Labute approximate surface area is 136 Å². The van der Waals surface area contributed by atoms with Crippen molar-refractivity contribution in [2.45, 2.75) is 45.1 Å². The summed E-state index contributed by atoms with van der Waals surface area (Å²) in [5.74, 6) is 1.94. The number of hydrogen-bond acceptors (Lipinski definition) is 5. The fourth-order valence-corrected chi connectivity index (χ4v) is 2.32. The van der Waals surface area contributed by atoms with Crippen LogP contribution in [0, 0.1) is 11.3 Å². The molecule has 2 N–H and O–H groups in total. The maximum absolute atomic E-state index is 9.01. The molecule has 118 valence electrons. The van der Waals surface area contributed by atoms with Crippen LogP contribution in [-0.4, -0.2) is 15.5 Å². The molecule has 1 aromatic carbocycles. The Kier molecular flexibility index (Phi) is 3.91. The van der Waals surface area contributed by atoms with Crippen LogP contribution < -0.4 is 10.6 Å². The van der Waals surface area contributed by atoms with E-state index < -0.39 is 0 Å². The molecular weight excluding hydrogens is 286 g/mol. The molecule has 0 aliphatic heterocycles. The first-order valence-corrected chi connectivity index (χ1v) is 7.87. The van der Waals surface area contributed by atoms with Crippen LogP contribution in [0.1, 0.15) is 50.8 Å². The number of nitriles is 1. The molecule has 0 bridgehead atoms. The molecule has 5 heteroatoms. The van der Waals surface area contributed by atoms with Crippen molar-refractivity contribution in [3.05, 3.63) is 41.6 Å². The average Bonchev–Trinajstić information content (AvgIpc) is 3.30. The molecule has 0 radical (unpaired) electrons. The quantitative estimate of drug-likeness (QED) is 0.886. The van der Waals surface area contributed by atoms with Gasteiger partial charge in [-0.25, -0.2) is 4.98 Å². The summed E-state index contributed by atoms with van der Waals surface area (Å²) in [5.41, 5.74) is 2.46. The third-order valence-electron chi connectivity index (χ3n) is 3.49. The minimum absolute atomic E-state index is 0.0971. The van der Waals surface area contributed by atoms with E-state index >= 15 is 0 Å². The summed E-state index contributed by atoms with van der Waals surface area (Å²) in [4.78, 5) is 9.21. The van der Waals surface area contributed by atoms with Gasteiger partial charge in [-0.1, -0.05) is 6.07 Å². The van der Waals surface area contributed by atoms with Crippen molar-refractivity contribution in [2.75, 3.05) is 10.6 Å². The first-order chi connectivity index (χ1) is 10.9. The van der Waals surface area contributed by atoms with Crippen LogP contribution in [0.4, 0.5) is 17.5 Å². The average molecular weight is 307 g/mol. The van der Waals surface area contributed by atoms with Crippen LogP contribution in [0.2, 0.25) is 0 Å². The smallest absolute Gasteiger partial charge is 0.225 e. The number of rotatable bonds is 4. The van der Waals surface area contributed by atoms with E-state index in [0.717, 1.165) is 17.2 Å². The second kappa shape index (κ2) is 5.88. The number of nitrogens with one attached hydrogen (secondary N) is 2. The van der Waals surface area contributed by atoms with E-state index in [4.69, 9.17) is 5.26 Å². The normalized spacial score (nSPS) is 14.2. The molecule has 3 rings (SSSR count). The van der Waals surface area contributed by atoms with Crippen molar-refractivity contribution >= 4 is 17.5 Å². The number of nitrogens with zero attached hydrogens (tertiary/aromatic N) is 3. The Morgan fingerprint density at radius 3 is 2.61 bits per heavy atom. The molecule has 0 spiro atoms. The molecule has 0 atom stereocenters. The highest BCUT2D eigenvalue weighted by Gasteiger charge is 2.26. The standard InChI is InChI=1S/C18H21N5/c1-18(2,3)23-17-21-15(13-7-8-13)10-16(22-17)20-14-6-4-5-12(9-14)11-19/h4-6,9-10,13H,7-8H2,1-3H3,(H2,20,21,22,23). The van der Waals surface area contributed by atoms with Gasteiger partial charge in [-0.15, -0.1) is 0 Å². The minimum atomic E-state index is -0.0971. The van der Waals surface area contributed by atoms with Crippen molar-refractivity contribution in [3.63, 3.8) is 0 Å². The van der Waals surface area contributed by atoms with Crippen molar-refractivity contribution in [1.82, 2.24) is 9.97 Å². The molecule has 5 nitrogen and oxygen atoms in total. The predicted octanol–water partition coefficient (Wildman–Crippen LogP) is 4.18. The molecule has 2 aromatic rings. The van der Waals surface area contributed by atoms with Crippen LogP contribution in [0.5, 0.6) is 0 Å². The van der Waals surface area contributed by atoms with Crippen molar-refractivity contribution in [2.24, 2.45) is 0 Å². The van der Waals surface area contributed by atoms with Gasteiger partial charge >= 0.3 is 0 Å². The lowest BCUT2D eigenvalue weighted by Crippen LogP contribution is -2.27. The molecule has 1 saturated carbocycles. The zero-order valence-electron chi connectivity index (χ0n) is 13.7. The molecule has 1 aliphatic rings. The summed E-state index contributed by atoms with van der Waals surface area (Å²) >= 11 is 0. The summed E-state index contributed by atoms with van der Waals surface area (Å²) in [6, 6.07) is 11.5. The van der Waals surface area contributed by atoms with E-state index in [1.165, 1.54) is 12.8 Å². The lowest BCUT2D eigenvalue weighted by atomic mass is 10.1. The van der Waals surface area contributed by atoms with Gasteiger partial charge in [0.1, 0.15) is 5.82 Å². The van der Waals surface area contributed by atoms with E-state index in [9.17, 15) is 0 Å². The van der Waals surface area contributed by atoms with Crippen molar-refractivity contribution < 1.29 is 0 Å². The van der Waals surface area contributed by atoms with E-state index in [0.29, 0.717) is 17.4 Å². The van der Waals surface area contributed by atoms with Gasteiger partial charge in [0.15, 0.2) is 0 Å². The topological polar surface area (TPSA) is 73.6 Å². The summed E-state index contributed by atoms with van der Waals surface area (Å²) in [7, 11) is 0. The lowest BCUT2D eigenvalue weighted by molar-refractivity contribution is 0.625. The molecule has 0 saturated heterocycles. The minimum Gasteiger partial charge on any atom is -0.350 e. The van der Waals surface area contributed by atoms with Gasteiger partial charge < -0.3 is 10.6 Å². The molecule has 0 unspecified atom stereocenters. The summed E-state index contributed by atoms with van der Waals surface area (Å²) < 4.78 is 0. The monoisotopic (exact) mass is 307 g/mol. The highest BCUT2D eigenvalue weighted by Crippen LogP contribution is 2.40. The molecule has 0 amide bonds. The molecule has 1 aromatic heterocycles. The van der Waals surface area contributed by atoms with Gasteiger partial charge in [0.2, 0.25) is 5.95 Å². The van der Waals surface area contributed by atoms with Crippen molar-refractivity contribution in [3.8, 4) is 6.07 Å². The van der Waals surface area contributed by atoms with Crippen LogP contribution in [-0.2, 0) is 0 Å². The van der Waals surface area contributed by atoms with Gasteiger partial charge in [0, 0.05) is 23.2 Å². The Balaban J connectivity index is 1.89. The van der Waals surface area contributed by atoms with Gasteiger partial charge in [-0.3, -0.25) is 0 Å². The van der Waals surface area contributed by atoms with Crippen LogP contribution in [0.25, 0.3) is 0 Å². The van der Waals surface area contributed by atoms with Gasteiger partial charge in [0.25, 0.3) is 0 Å². The van der Waals surface area contributed by atoms with Crippen LogP contribution >= 0.6 is 0 Å². The Morgan fingerprint density at radius 1 is 1.17 bits per heavy atom. The third-order valence-corrected chi connectivity index (χ3v) is 3.49. The summed E-state index contributed by atoms with van der Waals surface area (Å²) in [6.45, 7) is 6.26. The Morgan fingerprint density at radius 2 is 1.96 bits per heavy atom. The highest BCUT2D eigenvalue weighted by atomic mass is 15.2. The molecule has 1 fully saturated rings. The zero-order valence-corrected chi connectivity index (χ0v) is 13.7. The van der Waals surface area contributed by atoms with E-state index in [1.807, 2.05) is 24.3 Å². The number of anilines is 3. The van der Waals surface area contributed by atoms with E-state index in [-0.39, 0.29) is 5.54 Å². The largest absolute Gasteiger partial charge is 0.350 e.